The van der Waals surface area contributed by atoms with Crippen LogP contribution in [0.1, 0.15) is 12.5 Å². The molecule has 0 radical (unpaired) electrons. The van der Waals surface area contributed by atoms with Crippen LogP contribution in [0.4, 0.5) is 0 Å². The van der Waals surface area contributed by atoms with Crippen molar-refractivity contribution < 1.29 is 9.84 Å². The second-order valence-electron chi connectivity index (χ2n) is 2.86. The summed E-state index contributed by atoms with van der Waals surface area (Å²) in [7, 11) is 1.53. The lowest BCUT2D eigenvalue weighted by molar-refractivity contribution is 0.194. The van der Waals surface area contributed by atoms with Gasteiger partial charge in [-0.15, -0.1) is 0 Å². The van der Waals surface area contributed by atoms with Crippen molar-refractivity contribution in [3.63, 3.8) is 0 Å². The summed E-state index contributed by atoms with van der Waals surface area (Å²) in [4.78, 5) is 3.98. The molecule has 0 saturated heterocycles. The van der Waals surface area contributed by atoms with E-state index >= 15 is 0 Å². The predicted molar refractivity (Wildman–Crippen MR) is 51.2 cm³/mol. The highest BCUT2D eigenvalue weighted by Gasteiger charge is 2.07. The maximum atomic E-state index is 9.18. The van der Waals surface area contributed by atoms with E-state index in [1.54, 1.807) is 19.1 Å². The van der Waals surface area contributed by atoms with E-state index in [4.69, 9.17) is 16.3 Å². The number of methoxy groups -OCH3 is 1. The summed E-state index contributed by atoms with van der Waals surface area (Å²) in [5.41, 5.74) is 0.863. The first-order valence-electron chi connectivity index (χ1n) is 4.01. The number of hydrogen-bond donors (Lipinski definition) is 1. The summed E-state index contributed by atoms with van der Waals surface area (Å²) in [6, 6.07) is 3.49. The number of aliphatic hydroxyl groups excluding tert-OH is 1. The number of halogens is 1. The van der Waals surface area contributed by atoms with Crippen molar-refractivity contribution in [2.75, 3.05) is 7.11 Å². The second-order valence-corrected chi connectivity index (χ2v) is 3.24. The molecule has 0 spiro atoms. The molecule has 3 nitrogen and oxygen atoms in total. The molecule has 0 aliphatic heterocycles. The van der Waals surface area contributed by atoms with Crippen molar-refractivity contribution in [3.05, 3.63) is 22.8 Å². The van der Waals surface area contributed by atoms with E-state index in [1.165, 1.54) is 7.11 Å². The minimum absolute atomic E-state index is 0.395. The van der Waals surface area contributed by atoms with Crippen LogP contribution in [0.2, 0.25) is 5.15 Å². The average Bonchev–Trinajstić information content (AvgIpc) is 2.07. The third-order valence-corrected chi connectivity index (χ3v) is 1.82. The Morgan fingerprint density at radius 3 is 2.85 bits per heavy atom. The molecule has 0 aliphatic carbocycles. The van der Waals surface area contributed by atoms with Gasteiger partial charge >= 0.3 is 0 Å². The molecule has 0 aliphatic rings. The van der Waals surface area contributed by atoms with E-state index in [2.05, 4.69) is 4.98 Å². The Balaban J connectivity index is 2.92. The van der Waals surface area contributed by atoms with Crippen molar-refractivity contribution in [3.8, 4) is 5.88 Å². The fourth-order valence-corrected chi connectivity index (χ4v) is 1.24. The molecule has 1 aromatic heterocycles. The van der Waals surface area contributed by atoms with E-state index < -0.39 is 6.10 Å². The zero-order chi connectivity index (χ0) is 9.84. The van der Waals surface area contributed by atoms with Crippen LogP contribution in [0.25, 0.3) is 0 Å². The highest BCUT2D eigenvalue weighted by atomic mass is 35.5. The van der Waals surface area contributed by atoms with Gasteiger partial charge in [-0.25, -0.2) is 4.98 Å². The van der Waals surface area contributed by atoms with Crippen LogP contribution >= 0.6 is 11.6 Å². The Morgan fingerprint density at radius 2 is 2.31 bits per heavy atom. The van der Waals surface area contributed by atoms with Crippen LogP contribution in [-0.4, -0.2) is 23.3 Å². The minimum atomic E-state index is -0.406. The summed E-state index contributed by atoms with van der Waals surface area (Å²) in [6.07, 6.45) is 0.116. The van der Waals surface area contributed by atoms with Crippen molar-refractivity contribution in [2.24, 2.45) is 0 Å². The van der Waals surface area contributed by atoms with Crippen molar-refractivity contribution in [1.29, 1.82) is 0 Å². The molecule has 1 rings (SSSR count). The summed E-state index contributed by atoms with van der Waals surface area (Å²) < 4.78 is 5.02. The zero-order valence-electron chi connectivity index (χ0n) is 7.62. The molecule has 0 fully saturated rings. The third kappa shape index (κ3) is 2.86. The van der Waals surface area contributed by atoms with E-state index in [-0.39, 0.29) is 0 Å². The summed E-state index contributed by atoms with van der Waals surface area (Å²) in [6.45, 7) is 1.72. The topological polar surface area (TPSA) is 42.4 Å². The van der Waals surface area contributed by atoms with Gasteiger partial charge < -0.3 is 9.84 Å². The maximum Gasteiger partial charge on any atom is 0.217 e. The smallest absolute Gasteiger partial charge is 0.217 e. The van der Waals surface area contributed by atoms with Gasteiger partial charge in [0.25, 0.3) is 0 Å². The van der Waals surface area contributed by atoms with Crippen LogP contribution in [0.5, 0.6) is 5.88 Å². The fraction of sp³-hybridized carbons (Fsp3) is 0.444. The number of aromatic nitrogens is 1. The molecule has 1 heterocycles. The second kappa shape index (κ2) is 4.44. The first-order chi connectivity index (χ1) is 6.13. The lowest BCUT2D eigenvalue weighted by atomic mass is 10.1. The minimum Gasteiger partial charge on any atom is -0.481 e. The molecule has 0 saturated carbocycles. The van der Waals surface area contributed by atoms with Crippen LogP contribution < -0.4 is 4.74 Å². The maximum absolute atomic E-state index is 9.18. The van der Waals surface area contributed by atoms with E-state index in [9.17, 15) is 5.11 Å². The average molecular weight is 202 g/mol. The Hall–Kier alpha value is -0.800. The van der Waals surface area contributed by atoms with Gasteiger partial charge in [0.1, 0.15) is 5.15 Å². The Labute approximate surface area is 82.3 Å². The monoisotopic (exact) mass is 201 g/mol. The Kier molecular flexibility index (Phi) is 3.51. The van der Waals surface area contributed by atoms with Crippen molar-refractivity contribution in [1.82, 2.24) is 4.98 Å². The lowest BCUT2D eigenvalue weighted by Crippen LogP contribution is -2.06. The van der Waals surface area contributed by atoms with Crippen LogP contribution in [-0.2, 0) is 6.42 Å². The number of rotatable bonds is 3. The molecule has 72 valence electrons. The van der Waals surface area contributed by atoms with Gasteiger partial charge in [-0.1, -0.05) is 17.7 Å². The van der Waals surface area contributed by atoms with E-state index in [1.807, 2.05) is 0 Å². The molecule has 4 heteroatoms. The highest BCUT2D eigenvalue weighted by Crippen LogP contribution is 2.19. The zero-order valence-corrected chi connectivity index (χ0v) is 8.38. The molecular weight excluding hydrogens is 190 g/mol. The molecule has 0 aromatic carbocycles. The molecule has 1 aromatic rings. The molecule has 1 N–H and O–H groups in total. The molecular formula is C9H12ClNO2. The normalized spacial score (nSPS) is 12.6. The van der Waals surface area contributed by atoms with Crippen LogP contribution in [0.3, 0.4) is 0 Å². The number of hydrogen-bond acceptors (Lipinski definition) is 3. The largest absolute Gasteiger partial charge is 0.481 e. The van der Waals surface area contributed by atoms with Crippen LogP contribution in [0.15, 0.2) is 12.1 Å². The van der Waals surface area contributed by atoms with Gasteiger partial charge in [-0.05, 0) is 13.0 Å². The third-order valence-electron chi connectivity index (χ3n) is 1.61. The molecule has 0 bridgehead atoms. The molecule has 1 atom stereocenters. The van der Waals surface area contributed by atoms with Crippen molar-refractivity contribution >= 4 is 11.6 Å². The summed E-state index contributed by atoms with van der Waals surface area (Å²) in [5.74, 6) is 0.480. The molecule has 0 amide bonds. The number of pyridine rings is 1. The Morgan fingerprint density at radius 1 is 1.62 bits per heavy atom. The first-order valence-corrected chi connectivity index (χ1v) is 4.38. The quantitative estimate of drug-likeness (QED) is 0.757. The number of nitrogens with zero attached hydrogens (tertiary/aromatic N) is 1. The van der Waals surface area contributed by atoms with Gasteiger partial charge in [0.15, 0.2) is 0 Å². The van der Waals surface area contributed by atoms with Gasteiger partial charge in [-0.2, -0.15) is 0 Å². The Bertz CT molecular complexity index is 289. The first kappa shape index (κ1) is 10.3. The van der Waals surface area contributed by atoms with Gasteiger partial charge in [-0.3, -0.25) is 0 Å². The molecule has 13 heavy (non-hydrogen) atoms. The van der Waals surface area contributed by atoms with E-state index in [0.717, 1.165) is 5.56 Å². The number of aliphatic hydroxyl groups is 1. The van der Waals surface area contributed by atoms with Crippen LogP contribution in [0, 0.1) is 0 Å². The predicted octanol–water partition coefficient (Wildman–Crippen LogP) is 1.67. The highest BCUT2D eigenvalue weighted by molar-refractivity contribution is 6.29. The standard InChI is InChI=1S/C9H12ClNO2/c1-6(12)5-7-3-4-8(10)11-9(7)13-2/h3-4,6,12H,5H2,1-2H3/t6-/m1/s1. The van der Waals surface area contributed by atoms with Gasteiger partial charge in [0, 0.05) is 12.0 Å². The SMILES string of the molecule is COc1nc(Cl)ccc1C[C@@H](C)O. The van der Waals surface area contributed by atoms with E-state index in [0.29, 0.717) is 17.5 Å². The van der Waals surface area contributed by atoms with Crippen molar-refractivity contribution in [2.45, 2.75) is 19.4 Å². The summed E-state index contributed by atoms with van der Waals surface area (Å²) in [5, 5.41) is 9.57. The fourth-order valence-electron chi connectivity index (χ4n) is 1.10. The lowest BCUT2D eigenvalue weighted by Gasteiger charge is -2.08. The van der Waals surface area contributed by atoms with Gasteiger partial charge in [0.2, 0.25) is 5.88 Å². The number of ether oxygens (including phenoxy) is 1. The summed E-state index contributed by atoms with van der Waals surface area (Å²) >= 11 is 5.68. The molecule has 0 unspecified atom stereocenters. The van der Waals surface area contributed by atoms with Gasteiger partial charge in [0.05, 0.1) is 13.2 Å².